The van der Waals surface area contributed by atoms with Crippen LogP contribution in [0.5, 0.6) is 0 Å². The van der Waals surface area contributed by atoms with Crippen molar-refractivity contribution in [2.75, 3.05) is 13.1 Å². The van der Waals surface area contributed by atoms with Gasteiger partial charge in [0, 0.05) is 24.7 Å². The van der Waals surface area contributed by atoms with Gasteiger partial charge in [-0.1, -0.05) is 26.7 Å². The molecule has 1 atom stereocenters. The third kappa shape index (κ3) is 5.54. The minimum atomic E-state index is -3.42. The van der Waals surface area contributed by atoms with Crippen molar-refractivity contribution in [1.29, 1.82) is 0 Å². The first-order valence-electron chi connectivity index (χ1n) is 9.22. The highest BCUT2D eigenvalue weighted by molar-refractivity contribution is 7.89. The average Bonchev–Trinajstić information content (AvgIpc) is 3.10. The van der Waals surface area contributed by atoms with Gasteiger partial charge >= 0.3 is 0 Å². The molecule has 1 fully saturated rings. The molecule has 0 spiro atoms. The average molecular weight is 367 g/mol. The largest absolute Gasteiger partial charge is 0.350 e. The molecule has 1 saturated heterocycles. The third-order valence-corrected chi connectivity index (χ3v) is 6.53. The van der Waals surface area contributed by atoms with E-state index in [2.05, 4.69) is 19.2 Å². The van der Waals surface area contributed by atoms with Gasteiger partial charge in [0.25, 0.3) is 5.91 Å². The third-order valence-electron chi connectivity index (χ3n) is 4.62. The number of benzene rings is 1. The first kappa shape index (κ1) is 19.9. The molecule has 1 aliphatic heterocycles. The van der Waals surface area contributed by atoms with E-state index in [0.717, 1.165) is 32.1 Å². The fourth-order valence-electron chi connectivity index (χ4n) is 3.07. The maximum atomic E-state index is 12.5. The molecule has 2 rings (SSSR count). The van der Waals surface area contributed by atoms with Crippen molar-refractivity contribution in [1.82, 2.24) is 9.62 Å². The van der Waals surface area contributed by atoms with Gasteiger partial charge in [-0.3, -0.25) is 4.79 Å². The molecule has 0 radical (unpaired) electrons. The molecule has 0 unspecified atom stereocenters. The van der Waals surface area contributed by atoms with Gasteiger partial charge in [-0.25, -0.2) is 8.42 Å². The van der Waals surface area contributed by atoms with Crippen LogP contribution in [0.3, 0.4) is 0 Å². The first-order chi connectivity index (χ1) is 11.8. The van der Waals surface area contributed by atoms with Crippen molar-refractivity contribution in [3.05, 3.63) is 29.8 Å². The van der Waals surface area contributed by atoms with Crippen LogP contribution >= 0.6 is 0 Å². The van der Waals surface area contributed by atoms with E-state index in [9.17, 15) is 13.2 Å². The van der Waals surface area contributed by atoms with Gasteiger partial charge in [0.15, 0.2) is 0 Å². The minimum Gasteiger partial charge on any atom is -0.350 e. The Morgan fingerprint density at radius 2 is 1.68 bits per heavy atom. The fourth-order valence-corrected chi connectivity index (χ4v) is 4.58. The molecule has 1 N–H and O–H groups in total. The Kier molecular flexibility index (Phi) is 7.02. The molecule has 140 valence electrons. The molecule has 1 aromatic carbocycles. The molecule has 1 aromatic rings. The van der Waals surface area contributed by atoms with Crippen molar-refractivity contribution in [3.63, 3.8) is 0 Å². The number of sulfonamides is 1. The second kappa shape index (κ2) is 8.81. The molecule has 25 heavy (non-hydrogen) atoms. The summed E-state index contributed by atoms with van der Waals surface area (Å²) in [7, 11) is -3.42. The molecular formula is C19H30N2O3S. The van der Waals surface area contributed by atoms with Gasteiger partial charge in [-0.2, -0.15) is 4.31 Å². The second-order valence-electron chi connectivity index (χ2n) is 7.33. The van der Waals surface area contributed by atoms with Crippen molar-refractivity contribution in [2.45, 2.75) is 63.8 Å². The molecule has 0 aromatic heterocycles. The zero-order chi connectivity index (χ0) is 18.4. The molecule has 0 aliphatic carbocycles. The molecule has 1 heterocycles. The lowest BCUT2D eigenvalue weighted by Gasteiger charge is -2.16. The van der Waals surface area contributed by atoms with Gasteiger partial charge < -0.3 is 5.32 Å². The summed E-state index contributed by atoms with van der Waals surface area (Å²) in [6, 6.07) is 6.37. The van der Waals surface area contributed by atoms with Crippen LogP contribution in [0.2, 0.25) is 0 Å². The topological polar surface area (TPSA) is 66.5 Å². The van der Waals surface area contributed by atoms with Crippen LogP contribution in [-0.2, 0) is 10.0 Å². The number of carbonyl (C=O) groups is 1. The standard InChI is InChI=1S/C19H30N2O3S/c1-15(2)7-6-8-16(3)20-19(22)17-9-11-18(12-10-17)25(23,24)21-13-4-5-14-21/h9-12,15-16H,4-8,13-14H2,1-3H3,(H,20,22)/t16-/m0/s1. The van der Waals surface area contributed by atoms with Crippen molar-refractivity contribution < 1.29 is 13.2 Å². The minimum absolute atomic E-state index is 0.110. The van der Waals surface area contributed by atoms with Crippen molar-refractivity contribution in [2.24, 2.45) is 5.92 Å². The Bertz CT molecular complexity index is 662. The first-order valence-corrected chi connectivity index (χ1v) is 10.7. The fraction of sp³-hybridized carbons (Fsp3) is 0.632. The van der Waals surface area contributed by atoms with E-state index in [1.165, 1.54) is 16.4 Å². The van der Waals surface area contributed by atoms with Crippen LogP contribution < -0.4 is 5.32 Å². The Labute approximate surface area is 151 Å². The molecular weight excluding hydrogens is 336 g/mol. The van der Waals surface area contributed by atoms with Crippen molar-refractivity contribution >= 4 is 15.9 Å². The highest BCUT2D eigenvalue weighted by Crippen LogP contribution is 2.21. The lowest BCUT2D eigenvalue weighted by Crippen LogP contribution is -2.32. The van der Waals surface area contributed by atoms with Crippen LogP contribution in [0.1, 0.15) is 63.2 Å². The van der Waals surface area contributed by atoms with Crippen LogP contribution in [0.4, 0.5) is 0 Å². The number of carbonyl (C=O) groups excluding carboxylic acids is 1. The highest BCUT2D eigenvalue weighted by Gasteiger charge is 2.27. The van der Waals surface area contributed by atoms with Gasteiger partial charge in [-0.05, 0) is 56.4 Å². The summed E-state index contributed by atoms with van der Waals surface area (Å²) in [6.45, 7) is 7.56. The second-order valence-corrected chi connectivity index (χ2v) is 9.27. The molecule has 5 nitrogen and oxygen atoms in total. The van der Waals surface area contributed by atoms with E-state index >= 15 is 0 Å². The maximum Gasteiger partial charge on any atom is 0.251 e. The number of hydrogen-bond acceptors (Lipinski definition) is 3. The number of hydrogen-bond donors (Lipinski definition) is 1. The van der Waals surface area contributed by atoms with E-state index in [4.69, 9.17) is 0 Å². The number of nitrogens with zero attached hydrogens (tertiary/aromatic N) is 1. The summed E-state index contributed by atoms with van der Waals surface area (Å²) < 4.78 is 26.5. The molecule has 1 amide bonds. The summed E-state index contributed by atoms with van der Waals surface area (Å²) in [5.41, 5.74) is 0.496. The van der Waals surface area contributed by atoms with Gasteiger partial charge in [0.1, 0.15) is 0 Å². The van der Waals surface area contributed by atoms with Gasteiger partial charge in [0.05, 0.1) is 4.90 Å². The lowest BCUT2D eigenvalue weighted by molar-refractivity contribution is 0.0937. The van der Waals surface area contributed by atoms with E-state index < -0.39 is 10.0 Å². The van der Waals surface area contributed by atoms with Crippen LogP contribution in [0, 0.1) is 5.92 Å². The summed E-state index contributed by atoms with van der Waals surface area (Å²) in [5, 5.41) is 2.98. The highest BCUT2D eigenvalue weighted by atomic mass is 32.2. The summed E-state index contributed by atoms with van der Waals surface area (Å²) in [4.78, 5) is 12.6. The maximum absolute atomic E-state index is 12.5. The van der Waals surface area contributed by atoms with Crippen molar-refractivity contribution in [3.8, 4) is 0 Å². The van der Waals surface area contributed by atoms with E-state index in [1.54, 1.807) is 12.1 Å². The zero-order valence-electron chi connectivity index (χ0n) is 15.5. The molecule has 0 saturated carbocycles. The Morgan fingerprint density at radius 1 is 1.08 bits per heavy atom. The van der Waals surface area contributed by atoms with Gasteiger partial charge in [0.2, 0.25) is 10.0 Å². The van der Waals surface area contributed by atoms with E-state index in [-0.39, 0.29) is 16.8 Å². The Morgan fingerprint density at radius 3 is 2.24 bits per heavy atom. The predicted molar refractivity (Wildman–Crippen MR) is 100 cm³/mol. The number of rotatable bonds is 8. The summed E-state index contributed by atoms with van der Waals surface area (Å²) in [5.74, 6) is 0.523. The quantitative estimate of drug-likeness (QED) is 0.767. The SMILES string of the molecule is CC(C)CCC[C@H](C)NC(=O)c1ccc(S(=O)(=O)N2CCCC2)cc1. The lowest BCUT2D eigenvalue weighted by atomic mass is 10.0. The monoisotopic (exact) mass is 366 g/mol. The zero-order valence-corrected chi connectivity index (χ0v) is 16.3. The number of amides is 1. The normalized spacial score (nSPS) is 17.0. The smallest absolute Gasteiger partial charge is 0.251 e. The molecule has 1 aliphatic rings. The van der Waals surface area contributed by atoms with E-state index in [0.29, 0.717) is 24.6 Å². The van der Waals surface area contributed by atoms with Crippen LogP contribution in [0.25, 0.3) is 0 Å². The molecule has 6 heteroatoms. The Balaban J connectivity index is 1.93. The Hall–Kier alpha value is -1.40. The van der Waals surface area contributed by atoms with Crippen LogP contribution in [0.15, 0.2) is 29.2 Å². The summed E-state index contributed by atoms with van der Waals surface area (Å²) in [6.07, 6.45) is 5.02. The van der Waals surface area contributed by atoms with Crippen LogP contribution in [-0.4, -0.2) is 37.8 Å². The summed E-state index contributed by atoms with van der Waals surface area (Å²) >= 11 is 0. The predicted octanol–water partition coefficient (Wildman–Crippen LogP) is 3.42. The van der Waals surface area contributed by atoms with E-state index in [1.807, 2.05) is 6.92 Å². The number of nitrogens with one attached hydrogen (secondary N) is 1. The van der Waals surface area contributed by atoms with Gasteiger partial charge in [-0.15, -0.1) is 0 Å². The molecule has 0 bridgehead atoms.